The van der Waals surface area contributed by atoms with Gasteiger partial charge < -0.3 is 14.4 Å². The Balaban J connectivity index is 4.78. The number of carbonyl (C=O) groups excluding carboxylic acids is 1. The number of allylic oxidation sites excluding steroid dienone is 1. The van der Waals surface area contributed by atoms with E-state index in [0.717, 1.165) is 0 Å². The Morgan fingerprint density at radius 3 is 2.40 bits per heavy atom. The van der Waals surface area contributed by atoms with Crippen LogP contribution in [-0.2, 0) is 9.47 Å². The first-order valence-corrected chi connectivity index (χ1v) is 6.38. The molecule has 0 aliphatic rings. The van der Waals surface area contributed by atoms with E-state index in [9.17, 15) is 4.79 Å². The zero-order chi connectivity index (χ0) is 15.9. The molecule has 0 heterocycles. The molecule has 0 aromatic rings. The summed E-state index contributed by atoms with van der Waals surface area (Å²) in [5.74, 6) is 0. The summed E-state index contributed by atoms with van der Waals surface area (Å²) < 4.78 is 10.6. The summed E-state index contributed by atoms with van der Waals surface area (Å²) in [5.41, 5.74) is 0.453. The van der Waals surface area contributed by atoms with Crippen molar-refractivity contribution in [3.63, 3.8) is 0 Å². The molecule has 112 valence electrons. The summed E-state index contributed by atoms with van der Waals surface area (Å²) in [6, 6.07) is 2.05. The van der Waals surface area contributed by atoms with Gasteiger partial charge in [-0.05, 0) is 33.3 Å². The minimum Gasteiger partial charge on any atom is -0.444 e. The maximum atomic E-state index is 11.9. The van der Waals surface area contributed by atoms with Gasteiger partial charge in [0.05, 0.1) is 18.2 Å². The molecule has 0 fully saturated rings. The SMILES string of the molecule is C=C(/C(C#N)=C\C)C(CN(C)C(=O)OC(C)(C)C)OC. The third kappa shape index (κ3) is 5.89. The predicted octanol–water partition coefficient (Wildman–Crippen LogP) is 2.89. The number of hydrogen-bond donors (Lipinski definition) is 0. The minimum absolute atomic E-state index is 0.267. The highest BCUT2D eigenvalue weighted by molar-refractivity contribution is 5.67. The van der Waals surface area contributed by atoms with Gasteiger partial charge in [0, 0.05) is 14.2 Å². The summed E-state index contributed by atoms with van der Waals surface area (Å²) in [6.07, 6.45) is 0.784. The second-order valence-electron chi connectivity index (χ2n) is 5.42. The molecule has 0 aromatic carbocycles. The largest absolute Gasteiger partial charge is 0.444 e. The third-order valence-corrected chi connectivity index (χ3v) is 2.57. The van der Waals surface area contributed by atoms with Crippen molar-refractivity contribution in [2.45, 2.75) is 39.4 Å². The average molecular weight is 280 g/mol. The molecule has 1 unspecified atom stereocenters. The van der Waals surface area contributed by atoms with Crippen LogP contribution in [0.3, 0.4) is 0 Å². The van der Waals surface area contributed by atoms with Gasteiger partial charge in [0.1, 0.15) is 11.7 Å². The number of rotatable bonds is 5. The number of hydrogen-bond acceptors (Lipinski definition) is 4. The van der Waals surface area contributed by atoms with Crippen LogP contribution in [0.25, 0.3) is 0 Å². The maximum Gasteiger partial charge on any atom is 0.410 e. The molecule has 0 bridgehead atoms. The fourth-order valence-electron chi connectivity index (χ4n) is 1.49. The smallest absolute Gasteiger partial charge is 0.410 e. The van der Waals surface area contributed by atoms with Crippen molar-refractivity contribution in [3.8, 4) is 6.07 Å². The van der Waals surface area contributed by atoms with Crippen LogP contribution in [-0.4, -0.2) is 43.4 Å². The molecule has 1 amide bonds. The van der Waals surface area contributed by atoms with Gasteiger partial charge in [-0.3, -0.25) is 0 Å². The highest BCUT2D eigenvalue weighted by Crippen LogP contribution is 2.16. The fourth-order valence-corrected chi connectivity index (χ4v) is 1.49. The molecule has 0 saturated carbocycles. The van der Waals surface area contributed by atoms with E-state index in [1.54, 1.807) is 40.8 Å². The normalized spacial score (nSPS) is 13.3. The predicted molar refractivity (Wildman–Crippen MR) is 78.2 cm³/mol. The molecule has 0 N–H and O–H groups in total. The van der Waals surface area contributed by atoms with E-state index in [4.69, 9.17) is 14.7 Å². The lowest BCUT2D eigenvalue weighted by Gasteiger charge is -2.27. The molecular weight excluding hydrogens is 256 g/mol. The van der Waals surface area contributed by atoms with Gasteiger partial charge >= 0.3 is 6.09 Å². The number of carbonyl (C=O) groups is 1. The van der Waals surface area contributed by atoms with E-state index >= 15 is 0 Å². The monoisotopic (exact) mass is 280 g/mol. The molecule has 1 atom stereocenters. The van der Waals surface area contributed by atoms with Crippen molar-refractivity contribution in [2.24, 2.45) is 0 Å². The van der Waals surface area contributed by atoms with Crippen LogP contribution in [0.5, 0.6) is 0 Å². The standard InChI is InChI=1S/C15H24N2O3/c1-8-12(9-16)11(2)13(19-7)10-17(6)14(18)20-15(3,4)5/h8,13H,2,10H2,1,3-7H3/b12-8-. The average Bonchev–Trinajstić information content (AvgIpc) is 2.34. The summed E-state index contributed by atoms with van der Waals surface area (Å²) in [4.78, 5) is 13.3. The highest BCUT2D eigenvalue weighted by Gasteiger charge is 2.24. The van der Waals surface area contributed by atoms with Gasteiger partial charge in [-0.2, -0.15) is 5.26 Å². The van der Waals surface area contributed by atoms with Gasteiger partial charge in [-0.25, -0.2) is 4.79 Å². The molecule has 20 heavy (non-hydrogen) atoms. The Hall–Kier alpha value is -1.80. The highest BCUT2D eigenvalue weighted by atomic mass is 16.6. The first-order valence-electron chi connectivity index (χ1n) is 6.38. The van der Waals surface area contributed by atoms with Crippen LogP contribution in [0.15, 0.2) is 23.8 Å². The van der Waals surface area contributed by atoms with Crippen LogP contribution >= 0.6 is 0 Å². The number of amides is 1. The zero-order valence-corrected chi connectivity index (χ0v) is 13.2. The van der Waals surface area contributed by atoms with Crippen molar-refractivity contribution in [3.05, 3.63) is 23.8 Å². The molecule has 0 aliphatic heterocycles. The summed E-state index contributed by atoms with van der Waals surface area (Å²) in [6.45, 7) is 11.3. The quantitative estimate of drug-likeness (QED) is 0.574. The van der Waals surface area contributed by atoms with Crippen LogP contribution in [0.1, 0.15) is 27.7 Å². The topological polar surface area (TPSA) is 62.6 Å². The molecule has 0 spiro atoms. The van der Waals surface area contributed by atoms with Crippen LogP contribution < -0.4 is 0 Å². The minimum atomic E-state index is -0.550. The van der Waals surface area contributed by atoms with Crippen molar-refractivity contribution < 1.29 is 14.3 Å². The Bertz CT molecular complexity index is 427. The lowest BCUT2D eigenvalue weighted by atomic mass is 10.0. The first kappa shape index (κ1) is 18.2. The van der Waals surface area contributed by atoms with E-state index in [2.05, 4.69) is 12.6 Å². The molecule has 5 heteroatoms. The second-order valence-corrected chi connectivity index (χ2v) is 5.42. The molecule has 0 aromatic heterocycles. The van der Waals surface area contributed by atoms with Gasteiger partial charge in [0.25, 0.3) is 0 Å². The lowest BCUT2D eigenvalue weighted by Crippen LogP contribution is -2.39. The number of methoxy groups -OCH3 is 1. The molecule has 0 radical (unpaired) electrons. The lowest BCUT2D eigenvalue weighted by molar-refractivity contribution is 0.0195. The van der Waals surface area contributed by atoms with E-state index in [1.165, 1.54) is 12.0 Å². The Kier molecular flexibility index (Phi) is 7.01. The van der Waals surface area contributed by atoms with E-state index in [-0.39, 0.29) is 6.54 Å². The van der Waals surface area contributed by atoms with E-state index in [0.29, 0.717) is 11.1 Å². The number of nitrogens with zero attached hydrogens (tertiary/aromatic N) is 2. The fraction of sp³-hybridized carbons (Fsp3) is 0.600. The van der Waals surface area contributed by atoms with Gasteiger partial charge in [-0.1, -0.05) is 12.7 Å². The van der Waals surface area contributed by atoms with Crippen LogP contribution in [0.4, 0.5) is 4.79 Å². The third-order valence-electron chi connectivity index (χ3n) is 2.57. The number of likely N-dealkylation sites (N-methyl/N-ethyl adjacent to an activating group) is 1. The van der Waals surface area contributed by atoms with Crippen molar-refractivity contribution in [1.29, 1.82) is 5.26 Å². The van der Waals surface area contributed by atoms with Gasteiger partial charge in [-0.15, -0.1) is 0 Å². The molecule has 0 saturated heterocycles. The number of nitriles is 1. The first-order chi connectivity index (χ1) is 9.16. The second kappa shape index (κ2) is 7.71. The van der Waals surface area contributed by atoms with Gasteiger partial charge in [0.15, 0.2) is 0 Å². The molecule has 5 nitrogen and oxygen atoms in total. The Labute approximate surface area is 121 Å². The van der Waals surface area contributed by atoms with Crippen molar-refractivity contribution >= 4 is 6.09 Å². The maximum absolute atomic E-state index is 11.9. The summed E-state index contributed by atoms with van der Waals surface area (Å²) >= 11 is 0. The van der Waals surface area contributed by atoms with E-state index in [1.807, 2.05) is 0 Å². The zero-order valence-electron chi connectivity index (χ0n) is 13.2. The van der Waals surface area contributed by atoms with Crippen molar-refractivity contribution in [2.75, 3.05) is 20.7 Å². The summed E-state index contributed by atoms with van der Waals surface area (Å²) in [5, 5.41) is 9.00. The van der Waals surface area contributed by atoms with Crippen LogP contribution in [0.2, 0.25) is 0 Å². The summed E-state index contributed by atoms with van der Waals surface area (Å²) in [7, 11) is 3.14. The molecule has 0 aliphatic carbocycles. The Morgan fingerprint density at radius 2 is 2.05 bits per heavy atom. The van der Waals surface area contributed by atoms with Crippen LogP contribution in [0, 0.1) is 11.3 Å². The van der Waals surface area contributed by atoms with Crippen molar-refractivity contribution in [1.82, 2.24) is 4.90 Å². The molecule has 0 rings (SSSR count). The molecular formula is C15H24N2O3. The van der Waals surface area contributed by atoms with Gasteiger partial charge in [0.2, 0.25) is 0 Å². The van der Waals surface area contributed by atoms with E-state index < -0.39 is 17.8 Å². The Morgan fingerprint density at radius 1 is 1.50 bits per heavy atom. The number of ether oxygens (including phenoxy) is 2.